The first-order valence-corrected chi connectivity index (χ1v) is 8.64. The van der Waals surface area contributed by atoms with Crippen LogP contribution in [0.15, 0.2) is 54.6 Å². The van der Waals surface area contributed by atoms with Crippen molar-refractivity contribution in [3.8, 4) is 11.8 Å². The lowest BCUT2D eigenvalue weighted by Crippen LogP contribution is -2.01. The second-order valence-electron chi connectivity index (χ2n) is 6.22. The number of aryl methyl sites for hydroxylation is 1. The number of nitrogens with zero attached hydrogens (tertiary/aromatic N) is 3. The zero-order valence-corrected chi connectivity index (χ0v) is 15.5. The highest BCUT2D eigenvalue weighted by molar-refractivity contribution is 5.87. The van der Waals surface area contributed by atoms with Crippen LogP contribution in [0, 0.1) is 31.0 Å². The fraction of sp³-hybridized carbons (Fsp3) is 0.136. The van der Waals surface area contributed by atoms with Gasteiger partial charge in [-0.15, -0.1) is 0 Å². The molecule has 0 saturated heterocycles. The molecule has 0 bridgehead atoms. The molecule has 0 fully saturated rings. The molecule has 0 N–H and O–H groups in total. The van der Waals surface area contributed by atoms with E-state index in [2.05, 4.69) is 5.10 Å². The Kier molecular flexibility index (Phi) is 5.66. The van der Waals surface area contributed by atoms with Crippen molar-refractivity contribution in [3.05, 3.63) is 88.5 Å². The fourth-order valence-corrected chi connectivity index (χ4v) is 2.76. The van der Waals surface area contributed by atoms with Crippen LogP contribution in [0.3, 0.4) is 0 Å². The third-order valence-electron chi connectivity index (χ3n) is 4.27. The lowest BCUT2D eigenvalue weighted by Gasteiger charge is -2.04. The highest BCUT2D eigenvalue weighted by atomic mass is 19.1. The molecule has 1 heterocycles. The average molecular weight is 375 g/mol. The number of ether oxygens (including phenoxy) is 1. The van der Waals surface area contributed by atoms with Crippen molar-refractivity contribution in [2.24, 2.45) is 0 Å². The Balaban J connectivity index is 1.68. The number of carbonyl (C=O) groups is 1. The van der Waals surface area contributed by atoms with Crippen molar-refractivity contribution in [3.63, 3.8) is 0 Å². The van der Waals surface area contributed by atoms with Gasteiger partial charge in [0, 0.05) is 17.3 Å². The summed E-state index contributed by atoms with van der Waals surface area (Å²) in [6.45, 7) is 3.85. The minimum absolute atomic E-state index is 0.127. The van der Waals surface area contributed by atoms with Gasteiger partial charge in [-0.25, -0.2) is 13.9 Å². The van der Waals surface area contributed by atoms with Gasteiger partial charge >= 0.3 is 5.97 Å². The van der Waals surface area contributed by atoms with E-state index in [4.69, 9.17) is 10.00 Å². The number of carbonyl (C=O) groups excluding carboxylic acids is 1. The topological polar surface area (TPSA) is 67.9 Å². The van der Waals surface area contributed by atoms with E-state index in [1.54, 1.807) is 47.2 Å². The number of hydrogen-bond acceptors (Lipinski definition) is 4. The van der Waals surface area contributed by atoms with Crippen molar-refractivity contribution in [1.82, 2.24) is 9.78 Å². The maximum Gasteiger partial charge on any atom is 0.331 e. The van der Waals surface area contributed by atoms with Gasteiger partial charge in [0.1, 0.15) is 12.4 Å². The van der Waals surface area contributed by atoms with Crippen LogP contribution in [0.25, 0.3) is 11.8 Å². The minimum atomic E-state index is -0.474. The summed E-state index contributed by atoms with van der Waals surface area (Å²) in [4.78, 5) is 12.0. The van der Waals surface area contributed by atoms with Gasteiger partial charge in [-0.05, 0) is 61.9 Å². The van der Waals surface area contributed by atoms with Crippen molar-refractivity contribution in [1.29, 1.82) is 5.26 Å². The van der Waals surface area contributed by atoms with Gasteiger partial charge in [-0.2, -0.15) is 10.4 Å². The van der Waals surface area contributed by atoms with Gasteiger partial charge in [0.2, 0.25) is 0 Å². The Labute approximate surface area is 162 Å². The monoisotopic (exact) mass is 375 g/mol. The largest absolute Gasteiger partial charge is 0.458 e. The van der Waals surface area contributed by atoms with Crippen LogP contribution in [-0.2, 0) is 16.1 Å². The van der Waals surface area contributed by atoms with Crippen LogP contribution in [0.2, 0.25) is 0 Å². The van der Waals surface area contributed by atoms with Gasteiger partial charge in [-0.3, -0.25) is 0 Å². The van der Waals surface area contributed by atoms with Gasteiger partial charge in [0.15, 0.2) is 0 Å². The molecule has 0 aliphatic carbocycles. The molecule has 28 heavy (non-hydrogen) atoms. The van der Waals surface area contributed by atoms with Crippen LogP contribution in [-0.4, -0.2) is 15.7 Å². The van der Waals surface area contributed by atoms with Gasteiger partial charge < -0.3 is 4.74 Å². The second kappa shape index (κ2) is 8.31. The van der Waals surface area contributed by atoms with Crippen LogP contribution in [0.4, 0.5) is 4.39 Å². The zero-order chi connectivity index (χ0) is 20.1. The van der Waals surface area contributed by atoms with E-state index in [9.17, 15) is 9.18 Å². The van der Waals surface area contributed by atoms with Crippen LogP contribution >= 0.6 is 0 Å². The molecule has 6 heteroatoms. The number of nitriles is 1. The molecule has 0 amide bonds. The van der Waals surface area contributed by atoms with E-state index in [0.717, 1.165) is 28.2 Å². The molecular formula is C22H18FN3O2. The quantitative estimate of drug-likeness (QED) is 0.494. The summed E-state index contributed by atoms with van der Waals surface area (Å²) in [5, 5.41) is 13.3. The lowest BCUT2D eigenvalue weighted by molar-refractivity contribution is -0.138. The Morgan fingerprint density at radius 3 is 2.50 bits per heavy atom. The standard InChI is InChI=1S/C22H18FN3O2/c1-15-21(16(2)26(25-15)20-9-7-19(23)8-10-20)11-12-22(27)28-14-18-5-3-17(13-24)4-6-18/h3-12H,14H2,1-2H3/b12-11+. The first kappa shape index (κ1) is 19.1. The summed E-state index contributed by atoms with van der Waals surface area (Å²) in [5.41, 5.74) is 4.49. The SMILES string of the molecule is Cc1nn(-c2ccc(F)cc2)c(C)c1/C=C/C(=O)OCc1ccc(C#N)cc1. The summed E-state index contributed by atoms with van der Waals surface area (Å²) < 4.78 is 20.1. The molecule has 0 radical (unpaired) electrons. The number of benzene rings is 2. The third kappa shape index (κ3) is 4.33. The molecule has 140 valence electrons. The van der Waals surface area contributed by atoms with E-state index in [1.165, 1.54) is 18.2 Å². The highest BCUT2D eigenvalue weighted by Crippen LogP contribution is 2.19. The number of esters is 1. The highest BCUT2D eigenvalue weighted by Gasteiger charge is 2.11. The fourth-order valence-electron chi connectivity index (χ4n) is 2.76. The van der Waals surface area contributed by atoms with Crippen molar-refractivity contribution < 1.29 is 13.9 Å². The van der Waals surface area contributed by atoms with Crippen LogP contribution in [0.1, 0.15) is 28.1 Å². The van der Waals surface area contributed by atoms with Gasteiger partial charge in [-0.1, -0.05) is 12.1 Å². The van der Waals surface area contributed by atoms with E-state index < -0.39 is 5.97 Å². The number of rotatable bonds is 5. The summed E-state index contributed by atoms with van der Waals surface area (Å²) in [5.74, 6) is -0.784. The molecule has 3 rings (SSSR count). The molecule has 1 aromatic heterocycles. The molecule has 0 saturated carbocycles. The van der Waals surface area contributed by atoms with Crippen molar-refractivity contribution in [2.45, 2.75) is 20.5 Å². The molecule has 0 aliphatic rings. The Hall–Kier alpha value is -3.72. The van der Waals surface area contributed by atoms with E-state index in [1.807, 2.05) is 19.9 Å². The molecule has 0 unspecified atom stereocenters. The lowest BCUT2D eigenvalue weighted by atomic mass is 10.1. The molecule has 0 atom stereocenters. The maximum atomic E-state index is 13.1. The van der Waals surface area contributed by atoms with Gasteiger partial charge in [0.25, 0.3) is 0 Å². The summed E-state index contributed by atoms with van der Waals surface area (Å²) in [6, 6.07) is 14.9. The molecule has 5 nitrogen and oxygen atoms in total. The van der Waals surface area contributed by atoms with Gasteiger partial charge in [0.05, 0.1) is 23.0 Å². The minimum Gasteiger partial charge on any atom is -0.458 e. The number of aromatic nitrogens is 2. The van der Waals surface area contributed by atoms with E-state index in [-0.39, 0.29) is 12.4 Å². The Morgan fingerprint density at radius 2 is 1.86 bits per heavy atom. The maximum absolute atomic E-state index is 13.1. The molecule has 0 aliphatic heterocycles. The first-order chi connectivity index (χ1) is 13.5. The average Bonchev–Trinajstić information content (AvgIpc) is 2.99. The second-order valence-corrected chi connectivity index (χ2v) is 6.22. The number of halogens is 1. The molecule has 3 aromatic rings. The number of hydrogen-bond donors (Lipinski definition) is 0. The van der Waals surface area contributed by atoms with E-state index in [0.29, 0.717) is 5.56 Å². The smallest absolute Gasteiger partial charge is 0.331 e. The molecule has 2 aromatic carbocycles. The molecular weight excluding hydrogens is 357 g/mol. The predicted molar refractivity (Wildman–Crippen MR) is 103 cm³/mol. The molecule has 0 spiro atoms. The third-order valence-corrected chi connectivity index (χ3v) is 4.27. The van der Waals surface area contributed by atoms with Crippen LogP contribution in [0.5, 0.6) is 0 Å². The van der Waals surface area contributed by atoms with Crippen LogP contribution < -0.4 is 0 Å². The summed E-state index contributed by atoms with van der Waals surface area (Å²) in [7, 11) is 0. The first-order valence-electron chi connectivity index (χ1n) is 8.64. The Bertz CT molecular complexity index is 1060. The Morgan fingerprint density at radius 1 is 1.18 bits per heavy atom. The summed E-state index contributed by atoms with van der Waals surface area (Å²) >= 11 is 0. The summed E-state index contributed by atoms with van der Waals surface area (Å²) in [6.07, 6.45) is 3.02. The van der Waals surface area contributed by atoms with Crippen molar-refractivity contribution >= 4 is 12.0 Å². The predicted octanol–water partition coefficient (Wildman–Crippen LogP) is 4.26. The zero-order valence-electron chi connectivity index (χ0n) is 15.5. The van der Waals surface area contributed by atoms with Crippen molar-refractivity contribution in [2.75, 3.05) is 0 Å². The normalized spacial score (nSPS) is 10.8. The van der Waals surface area contributed by atoms with E-state index >= 15 is 0 Å².